The number of carbonyl (C=O) groups excluding carboxylic acids is 1. The number of fused-ring (bicyclic) bond motifs is 2. The first kappa shape index (κ1) is 17.3. The van der Waals surface area contributed by atoms with Crippen molar-refractivity contribution in [2.45, 2.75) is 66.1 Å². The SMILES string of the molecule is C/C=C(/C)C(=O)O[C@@H]1CC[C@H](C)[C@@]2(C)Cc3c(CO)coc3C[C@@H]12. The van der Waals surface area contributed by atoms with E-state index in [0.717, 1.165) is 37.0 Å². The van der Waals surface area contributed by atoms with Crippen LogP contribution in [0.25, 0.3) is 0 Å². The van der Waals surface area contributed by atoms with Crippen molar-refractivity contribution >= 4 is 5.97 Å². The Morgan fingerprint density at radius 3 is 2.92 bits per heavy atom. The van der Waals surface area contributed by atoms with Crippen LogP contribution in [0.15, 0.2) is 22.3 Å². The molecule has 0 radical (unpaired) electrons. The van der Waals surface area contributed by atoms with Crippen LogP contribution in [0.4, 0.5) is 0 Å². The number of hydrogen-bond donors (Lipinski definition) is 1. The van der Waals surface area contributed by atoms with Gasteiger partial charge in [-0.2, -0.15) is 0 Å². The van der Waals surface area contributed by atoms with Gasteiger partial charge >= 0.3 is 5.97 Å². The van der Waals surface area contributed by atoms with Crippen molar-refractivity contribution in [3.05, 3.63) is 34.8 Å². The lowest BCUT2D eigenvalue weighted by molar-refractivity contribution is -0.157. The molecule has 2 aliphatic carbocycles. The van der Waals surface area contributed by atoms with Crippen LogP contribution in [0.1, 0.15) is 57.4 Å². The smallest absolute Gasteiger partial charge is 0.333 e. The van der Waals surface area contributed by atoms with E-state index in [1.54, 1.807) is 19.3 Å². The number of esters is 1. The molecule has 1 N–H and O–H groups in total. The fraction of sp³-hybridized carbons (Fsp3) is 0.650. The van der Waals surface area contributed by atoms with Crippen LogP contribution in [0.5, 0.6) is 0 Å². The second-order valence-electron chi connectivity index (χ2n) is 7.71. The van der Waals surface area contributed by atoms with E-state index in [9.17, 15) is 9.90 Å². The molecule has 0 spiro atoms. The summed E-state index contributed by atoms with van der Waals surface area (Å²) in [6, 6.07) is 0. The second-order valence-corrected chi connectivity index (χ2v) is 7.71. The Morgan fingerprint density at radius 2 is 2.25 bits per heavy atom. The van der Waals surface area contributed by atoms with Crippen molar-refractivity contribution in [2.75, 3.05) is 0 Å². The lowest BCUT2D eigenvalue weighted by Gasteiger charge is -2.51. The minimum atomic E-state index is -0.208. The van der Waals surface area contributed by atoms with E-state index in [1.807, 2.05) is 6.92 Å². The zero-order valence-corrected chi connectivity index (χ0v) is 15.1. The predicted molar refractivity (Wildman–Crippen MR) is 91.3 cm³/mol. The number of hydrogen-bond acceptors (Lipinski definition) is 4. The maximum atomic E-state index is 12.3. The number of ether oxygens (including phenoxy) is 1. The molecular formula is C20H28O4. The molecule has 4 atom stereocenters. The van der Waals surface area contributed by atoms with Gasteiger partial charge in [-0.25, -0.2) is 4.79 Å². The minimum absolute atomic E-state index is 0.0207. The summed E-state index contributed by atoms with van der Waals surface area (Å²) in [7, 11) is 0. The minimum Gasteiger partial charge on any atom is -0.469 e. The molecule has 132 valence electrons. The summed E-state index contributed by atoms with van der Waals surface area (Å²) >= 11 is 0. The molecule has 3 rings (SSSR count). The van der Waals surface area contributed by atoms with Gasteiger partial charge in [0.2, 0.25) is 0 Å². The highest BCUT2D eigenvalue weighted by Crippen LogP contribution is 2.53. The normalized spacial score (nSPS) is 32.9. The molecule has 0 unspecified atom stereocenters. The molecule has 1 fully saturated rings. The van der Waals surface area contributed by atoms with Gasteiger partial charge < -0.3 is 14.3 Å². The van der Waals surface area contributed by atoms with Crippen LogP contribution >= 0.6 is 0 Å². The monoisotopic (exact) mass is 332 g/mol. The molecule has 1 heterocycles. The van der Waals surface area contributed by atoms with E-state index in [2.05, 4.69) is 13.8 Å². The molecule has 2 aliphatic rings. The van der Waals surface area contributed by atoms with Gasteiger partial charge in [0.1, 0.15) is 11.9 Å². The first-order valence-corrected chi connectivity index (χ1v) is 8.93. The molecule has 0 bridgehead atoms. The van der Waals surface area contributed by atoms with E-state index in [1.165, 1.54) is 5.56 Å². The van der Waals surface area contributed by atoms with Crippen LogP contribution in [0.2, 0.25) is 0 Å². The van der Waals surface area contributed by atoms with Crippen LogP contribution in [0.3, 0.4) is 0 Å². The van der Waals surface area contributed by atoms with E-state index >= 15 is 0 Å². The number of allylic oxidation sites excluding steroid dienone is 1. The van der Waals surface area contributed by atoms with E-state index in [0.29, 0.717) is 11.5 Å². The van der Waals surface area contributed by atoms with Gasteiger partial charge in [-0.3, -0.25) is 0 Å². The van der Waals surface area contributed by atoms with Gasteiger partial charge in [0.05, 0.1) is 12.9 Å². The molecule has 4 heteroatoms. The fourth-order valence-corrected chi connectivity index (χ4v) is 4.45. The van der Waals surface area contributed by atoms with Gasteiger partial charge in [0, 0.05) is 23.5 Å². The van der Waals surface area contributed by atoms with E-state index < -0.39 is 0 Å². The van der Waals surface area contributed by atoms with Crippen LogP contribution in [0, 0.1) is 17.3 Å². The topological polar surface area (TPSA) is 59.7 Å². The Hall–Kier alpha value is -1.55. The summed E-state index contributed by atoms with van der Waals surface area (Å²) in [5.41, 5.74) is 2.79. The Bertz CT molecular complexity index is 657. The summed E-state index contributed by atoms with van der Waals surface area (Å²) < 4.78 is 11.6. The zero-order valence-electron chi connectivity index (χ0n) is 15.1. The zero-order chi connectivity index (χ0) is 17.5. The molecular weight excluding hydrogens is 304 g/mol. The van der Waals surface area contributed by atoms with Crippen molar-refractivity contribution in [2.24, 2.45) is 17.3 Å². The van der Waals surface area contributed by atoms with Gasteiger partial charge in [-0.1, -0.05) is 19.9 Å². The highest BCUT2D eigenvalue weighted by molar-refractivity contribution is 5.87. The van der Waals surface area contributed by atoms with Gasteiger partial charge in [0.15, 0.2) is 0 Å². The lowest BCUT2D eigenvalue weighted by Crippen LogP contribution is -2.51. The Balaban J connectivity index is 1.90. The van der Waals surface area contributed by atoms with Gasteiger partial charge in [-0.05, 0) is 50.0 Å². The summed E-state index contributed by atoms with van der Waals surface area (Å²) in [6.07, 6.45) is 7.05. The predicted octanol–water partition coefficient (Wildman–Crippen LogP) is 3.80. The second kappa shape index (κ2) is 6.40. The van der Waals surface area contributed by atoms with Crippen molar-refractivity contribution in [1.29, 1.82) is 0 Å². The highest BCUT2D eigenvalue weighted by atomic mass is 16.5. The molecule has 1 aromatic heterocycles. The van der Waals surface area contributed by atoms with Crippen LogP contribution < -0.4 is 0 Å². The fourth-order valence-electron chi connectivity index (χ4n) is 4.45. The summed E-state index contributed by atoms with van der Waals surface area (Å²) in [4.78, 5) is 12.3. The van der Waals surface area contributed by atoms with Crippen molar-refractivity contribution in [3.63, 3.8) is 0 Å². The summed E-state index contributed by atoms with van der Waals surface area (Å²) in [6.45, 7) is 8.28. The highest BCUT2D eigenvalue weighted by Gasteiger charge is 2.51. The molecule has 24 heavy (non-hydrogen) atoms. The molecule has 0 saturated heterocycles. The Morgan fingerprint density at radius 1 is 1.50 bits per heavy atom. The third kappa shape index (κ3) is 2.71. The summed E-state index contributed by atoms with van der Waals surface area (Å²) in [5, 5.41) is 9.55. The van der Waals surface area contributed by atoms with E-state index in [-0.39, 0.29) is 30.0 Å². The summed E-state index contributed by atoms with van der Waals surface area (Å²) in [5.74, 6) is 1.56. The maximum Gasteiger partial charge on any atom is 0.333 e. The molecule has 1 saturated carbocycles. The Labute approximate surface area is 143 Å². The molecule has 1 aromatic rings. The molecule has 0 amide bonds. The largest absolute Gasteiger partial charge is 0.469 e. The van der Waals surface area contributed by atoms with E-state index in [4.69, 9.17) is 9.15 Å². The Kier molecular flexibility index (Phi) is 4.60. The van der Waals surface area contributed by atoms with Crippen molar-refractivity contribution in [1.82, 2.24) is 0 Å². The number of carbonyl (C=O) groups is 1. The van der Waals surface area contributed by atoms with Gasteiger partial charge in [0.25, 0.3) is 0 Å². The van der Waals surface area contributed by atoms with Crippen molar-refractivity contribution in [3.8, 4) is 0 Å². The molecule has 0 aliphatic heterocycles. The quantitative estimate of drug-likeness (QED) is 0.675. The number of furan rings is 1. The standard InChI is InChI=1S/C20H28O4/c1-5-12(2)19(22)24-17-7-6-13(3)20(4)9-15-14(10-21)11-23-18(15)8-16(17)20/h5,11,13,16-17,21H,6-10H2,1-4H3/b12-5-/t13-,16-,17+,20+/m0/s1. The lowest BCUT2D eigenvalue weighted by atomic mass is 9.54. The number of aliphatic hydroxyl groups excluding tert-OH is 1. The van der Waals surface area contributed by atoms with Crippen molar-refractivity contribution < 1.29 is 19.1 Å². The number of rotatable bonds is 3. The number of aliphatic hydroxyl groups is 1. The average molecular weight is 332 g/mol. The third-order valence-corrected chi connectivity index (χ3v) is 6.52. The maximum absolute atomic E-state index is 12.3. The third-order valence-electron chi connectivity index (χ3n) is 6.52. The first-order chi connectivity index (χ1) is 11.4. The first-order valence-electron chi connectivity index (χ1n) is 8.93. The van der Waals surface area contributed by atoms with Crippen LogP contribution in [-0.2, 0) is 29.0 Å². The molecule has 0 aromatic carbocycles. The van der Waals surface area contributed by atoms with Crippen LogP contribution in [-0.4, -0.2) is 17.2 Å². The average Bonchev–Trinajstić information content (AvgIpc) is 2.97. The molecule has 4 nitrogen and oxygen atoms in total. The van der Waals surface area contributed by atoms with Gasteiger partial charge in [-0.15, -0.1) is 0 Å².